The maximum absolute atomic E-state index is 13.0. The number of carbonyl (C=O) groups excluding carboxylic acids is 2. The lowest BCUT2D eigenvalue weighted by Gasteiger charge is -2.46. The number of nitrogens with one attached hydrogen (secondary N) is 1. The predicted octanol–water partition coefficient (Wildman–Crippen LogP) is -4.78. The average Bonchev–Trinajstić information content (AvgIpc) is 3.32. The Hall–Kier alpha value is -2.12. The molecule has 274 valence electrons. The van der Waals surface area contributed by atoms with Crippen molar-refractivity contribution in [2.75, 3.05) is 57.4 Å². The van der Waals surface area contributed by atoms with Gasteiger partial charge in [0.25, 0.3) is 0 Å². The van der Waals surface area contributed by atoms with Gasteiger partial charge in [-0.1, -0.05) is 0 Å². The quantitative estimate of drug-likeness (QED) is 0.0366. The molecule has 48 heavy (non-hydrogen) atoms. The van der Waals surface area contributed by atoms with Gasteiger partial charge in [-0.15, -0.1) is 11.8 Å². The number of nitrogens with two attached hydrogens (primary N) is 1. The Balaban J connectivity index is 1.67. The fourth-order valence-corrected chi connectivity index (χ4v) is 6.38. The Morgan fingerprint density at radius 2 is 2.02 bits per heavy atom. The number of hydrogen-bond donors (Lipinski definition) is 9. The zero-order chi connectivity index (χ0) is 35.6. The van der Waals surface area contributed by atoms with Gasteiger partial charge in [-0.3, -0.25) is 18.7 Å². The lowest BCUT2D eigenvalue weighted by Crippen LogP contribution is -2.66. The van der Waals surface area contributed by atoms with Gasteiger partial charge in [0.15, 0.2) is 12.5 Å². The molecular weight excluding hydrogens is 691 g/mol. The predicted molar refractivity (Wildman–Crippen MR) is 161 cm³/mol. The van der Waals surface area contributed by atoms with Crippen molar-refractivity contribution in [3.8, 4) is 0 Å². The number of aliphatic hydroxyl groups is 6. The minimum atomic E-state index is -5.38. The van der Waals surface area contributed by atoms with E-state index in [-0.39, 0.29) is 17.9 Å². The molecule has 2 fully saturated rings. The van der Waals surface area contributed by atoms with E-state index in [1.165, 1.54) is 24.9 Å². The minimum Gasteiger partial charge on any atom is -0.394 e. The van der Waals surface area contributed by atoms with E-state index in [4.69, 9.17) is 33.7 Å². The van der Waals surface area contributed by atoms with E-state index in [9.17, 15) is 54.5 Å². The first-order valence-electron chi connectivity index (χ1n) is 14.4. The lowest BCUT2D eigenvalue weighted by atomic mass is 9.89. The molecule has 0 radical (unpaired) electrons. The lowest BCUT2D eigenvalue weighted by molar-refractivity contribution is -0.274. The van der Waals surface area contributed by atoms with Crippen LogP contribution in [0.2, 0.25) is 0 Å². The van der Waals surface area contributed by atoms with E-state index in [1.807, 2.05) is 0 Å². The monoisotopic (exact) mass is 732 g/mol. The van der Waals surface area contributed by atoms with Gasteiger partial charge >= 0.3 is 13.5 Å². The summed E-state index contributed by atoms with van der Waals surface area (Å²) in [5.74, 6) is -3.29. The highest BCUT2D eigenvalue weighted by atomic mass is 32.2. The molecule has 2 aliphatic heterocycles. The maximum Gasteiger partial charge on any atom is 0.475 e. The maximum atomic E-state index is 13.0. The number of thioether (sulfide) groups is 1. The summed E-state index contributed by atoms with van der Waals surface area (Å²) in [6, 6.07) is -0.281. The van der Waals surface area contributed by atoms with Gasteiger partial charge in [0.2, 0.25) is 11.7 Å². The number of nitrogen functional groups attached to an aromatic ring is 1. The molecule has 0 aliphatic carbocycles. The molecule has 1 amide bonds. The first-order chi connectivity index (χ1) is 22.7. The summed E-state index contributed by atoms with van der Waals surface area (Å²) in [4.78, 5) is 51.0. The van der Waals surface area contributed by atoms with Crippen molar-refractivity contribution in [2.45, 2.75) is 67.2 Å². The molecule has 23 heteroatoms. The van der Waals surface area contributed by atoms with Crippen LogP contribution in [0.4, 0.5) is 5.82 Å². The standard InChI is InChI=1S/C25H41N4O17PS/c1-41-4-5-42-6-7-48-11-17(34)28-18-13(32)8-25(12-31,45-22(18)19(35)14(33)9-30)46-47(39,40)43-10-15-20(36)21(37)23(44-15)29-3-2-16(26)27-24(29)38/h2-3,12-15,18-23,30,32-33,35-37H,4-11H2,1H3,(H,28,34)(H,39,40)(H2,26,27,38)/t13?,14-,15?,18-,19-,20-,21-,22?,23?,25-/m1/s1. The van der Waals surface area contributed by atoms with Crippen LogP contribution in [-0.4, -0.2) is 163 Å². The van der Waals surface area contributed by atoms with E-state index in [0.717, 1.165) is 10.8 Å². The van der Waals surface area contributed by atoms with Gasteiger partial charge in [-0.05, 0) is 6.07 Å². The second-order valence-corrected chi connectivity index (χ2v) is 13.2. The molecule has 0 aromatic carbocycles. The van der Waals surface area contributed by atoms with Crippen molar-refractivity contribution >= 4 is 37.6 Å². The number of aliphatic hydroxyl groups excluding tert-OH is 6. The molecule has 3 heterocycles. The van der Waals surface area contributed by atoms with Crippen LogP contribution in [0.1, 0.15) is 12.6 Å². The molecule has 1 aromatic rings. The minimum absolute atomic E-state index is 0.119. The molecule has 0 spiro atoms. The number of nitrogens with zero attached hydrogens (tertiary/aromatic N) is 2. The number of ether oxygens (including phenoxy) is 4. The van der Waals surface area contributed by atoms with E-state index in [0.29, 0.717) is 25.6 Å². The molecule has 0 saturated carbocycles. The number of hydrogen-bond acceptors (Lipinski definition) is 19. The number of carbonyl (C=O) groups is 2. The topological polar surface area (TPSA) is 321 Å². The summed E-state index contributed by atoms with van der Waals surface area (Å²) in [6.45, 7) is -0.884. The molecule has 21 nitrogen and oxygen atoms in total. The number of phosphoric acid groups is 1. The van der Waals surface area contributed by atoms with Gasteiger partial charge in [-0.2, -0.15) is 4.98 Å². The largest absolute Gasteiger partial charge is 0.475 e. The zero-order valence-corrected chi connectivity index (χ0v) is 27.3. The Bertz CT molecular complexity index is 1310. The summed E-state index contributed by atoms with van der Waals surface area (Å²) >= 11 is 1.17. The van der Waals surface area contributed by atoms with Crippen LogP contribution in [0, 0.1) is 0 Å². The van der Waals surface area contributed by atoms with Crippen molar-refractivity contribution in [1.82, 2.24) is 14.9 Å². The fourth-order valence-electron chi connectivity index (χ4n) is 4.79. The number of phosphoric ester groups is 1. The van der Waals surface area contributed by atoms with Gasteiger partial charge in [0.1, 0.15) is 42.4 Å². The number of amides is 1. The smallest absolute Gasteiger partial charge is 0.394 e. The van der Waals surface area contributed by atoms with Crippen LogP contribution >= 0.6 is 19.6 Å². The third kappa shape index (κ3) is 10.7. The summed E-state index contributed by atoms with van der Waals surface area (Å²) in [5, 5.41) is 64.3. The fraction of sp³-hybridized carbons (Fsp3) is 0.760. The molecule has 10 N–H and O–H groups in total. The molecule has 3 rings (SSSR count). The summed E-state index contributed by atoms with van der Waals surface area (Å²) in [7, 11) is -3.86. The summed E-state index contributed by atoms with van der Waals surface area (Å²) in [5.41, 5.74) is 4.52. The number of aldehydes is 1. The Morgan fingerprint density at radius 1 is 1.29 bits per heavy atom. The van der Waals surface area contributed by atoms with Crippen molar-refractivity contribution in [1.29, 1.82) is 0 Å². The van der Waals surface area contributed by atoms with Crippen LogP contribution in [0.15, 0.2) is 17.1 Å². The Kier molecular flexibility index (Phi) is 15.3. The number of methoxy groups -OCH3 is 1. The van der Waals surface area contributed by atoms with E-state index >= 15 is 0 Å². The molecule has 1 aromatic heterocycles. The van der Waals surface area contributed by atoms with E-state index in [1.54, 1.807) is 0 Å². The third-order valence-corrected chi connectivity index (χ3v) is 9.13. The van der Waals surface area contributed by atoms with Crippen LogP contribution in [-0.2, 0) is 42.1 Å². The first kappa shape index (κ1) is 40.3. The van der Waals surface area contributed by atoms with Crippen LogP contribution in [0.25, 0.3) is 0 Å². The Morgan fingerprint density at radius 3 is 2.67 bits per heavy atom. The van der Waals surface area contributed by atoms with Crippen LogP contribution < -0.4 is 16.7 Å². The van der Waals surface area contributed by atoms with Gasteiger partial charge in [0.05, 0.1) is 50.9 Å². The molecule has 2 aliphatic rings. The third-order valence-electron chi connectivity index (χ3n) is 7.19. The molecular formula is C25H41N4O17PS. The van der Waals surface area contributed by atoms with Gasteiger partial charge < -0.3 is 65.5 Å². The number of aromatic nitrogens is 2. The normalized spacial score (nSPS) is 31.5. The van der Waals surface area contributed by atoms with Crippen LogP contribution in [0.3, 0.4) is 0 Å². The second-order valence-electron chi connectivity index (χ2n) is 10.7. The number of anilines is 1. The highest BCUT2D eigenvalue weighted by Gasteiger charge is 2.55. The number of rotatable bonds is 19. The first-order valence-corrected chi connectivity index (χ1v) is 17.1. The van der Waals surface area contributed by atoms with Crippen molar-refractivity contribution in [3.63, 3.8) is 0 Å². The Labute approximate surface area is 277 Å². The van der Waals surface area contributed by atoms with Crippen LogP contribution in [0.5, 0.6) is 0 Å². The molecule has 5 unspecified atom stereocenters. The molecule has 0 bridgehead atoms. The van der Waals surface area contributed by atoms with E-state index < -0.39 is 99.8 Å². The van der Waals surface area contributed by atoms with Crippen molar-refractivity contribution in [3.05, 3.63) is 22.7 Å². The van der Waals surface area contributed by atoms with Crippen molar-refractivity contribution < 1.29 is 77.7 Å². The van der Waals surface area contributed by atoms with Crippen molar-refractivity contribution in [2.24, 2.45) is 0 Å². The summed E-state index contributed by atoms with van der Waals surface area (Å²) in [6.07, 6.45) is -14.0. The van der Waals surface area contributed by atoms with Gasteiger partial charge in [0, 0.05) is 25.5 Å². The SMILES string of the molecule is COCCOCCSCC(=O)N[C@@H]1C(O)C[C@](C=O)(OP(=O)(O)OCC2OC(n3ccc(N)nc3=O)[C@H](O)[C@@H]2O)OC1[C@H](O)[C@H](O)CO. The second kappa shape index (κ2) is 18.2. The van der Waals surface area contributed by atoms with Gasteiger partial charge in [-0.25, -0.2) is 13.9 Å². The highest BCUT2D eigenvalue weighted by molar-refractivity contribution is 7.99. The highest BCUT2D eigenvalue weighted by Crippen LogP contribution is 2.50. The molecule has 2 saturated heterocycles. The molecule has 11 atom stereocenters. The average molecular weight is 733 g/mol. The van der Waals surface area contributed by atoms with E-state index in [2.05, 4.69) is 10.3 Å². The zero-order valence-electron chi connectivity index (χ0n) is 25.6. The summed E-state index contributed by atoms with van der Waals surface area (Å²) < 4.78 is 44.7.